The molecule has 0 saturated carbocycles. The molecule has 2 N–H and O–H groups in total. The molecule has 2 aromatic heterocycles. The molecular weight excluding hydrogens is 435 g/mol. The molecule has 3 aromatic rings. The van der Waals surface area contributed by atoms with Crippen molar-refractivity contribution >= 4 is 11.8 Å². The van der Waals surface area contributed by atoms with Gasteiger partial charge in [0.1, 0.15) is 11.6 Å². The molecule has 12 heteroatoms. The highest BCUT2D eigenvalue weighted by Crippen LogP contribution is 2.29. The molecule has 0 fully saturated rings. The third-order valence-electron chi connectivity index (χ3n) is 5.41. The van der Waals surface area contributed by atoms with E-state index in [4.69, 9.17) is 4.42 Å². The van der Waals surface area contributed by atoms with Gasteiger partial charge in [-0.15, -0.1) is 10.2 Å². The van der Waals surface area contributed by atoms with Crippen LogP contribution in [-0.2, 0) is 13.1 Å². The van der Waals surface area contributed by atoms with Crippen LogP contribution in [0.5, 0.6) is 5.75 Å². The average Bonchev–Trinajstić information content (AvgIpc) is 3.25. The Balaban J connectivity index is 1.62. The van der Waals surface area contributed by atoms with Crippen molar-refractivity contribution in [2.45, 2.75) is 38.9 Å². The molecule has 1 unspecified atom stereocenters. The van der Waals surface area contributed by atoms with Gasteiger partial charge in [-0.25, -0.2) is 9.37 Å². The summed E-state index contributed by atoms with van der Waals surface area (Å²) < 4.78 is 19.5. The van der Waals surface area contributed by atoms with Gasteiger partial charge in [-0.1, -0.05) is 12.1 Å². The summed E-state index contributed by atoms with van der Waals surface area (Å²) in [6.07, 6.45) is 1.03. The van der Waals surface area contributed by atoms with Crippen molar-refractivity contribution in [3.8, 4) is 5.75 Å². The van der Waals surface area contributed by atoms with Crippen LogP contribution in [0, 0.1) is 12.7 Å². The molecule has 0 saturated heterocycles. The van der Waals surface area contributed by atoms with Crippen molar-refractivity contribution in [3.63, 3.8) is 0 Å². The Hall–Kier alpha value is -4.09. The van der Waals surface area contributed by atoms with E-state index >= 15 is 0 Å². The van der Waals surface area contributed by atoms with Crippen LogP contribution >= 0.6 is 0 Å². The number of halogens is 1. The summed E-state index contributed by atoms with van der Waals surface area (Å²) in [5.41, 5.74) is -0.599. The zero-order valence-corrected chi connectivity index (χ0v) is 17.9. The smallest absolute Gasteiger partial charge is 0.311 e. The Morgan fingerprint density at radius 1 is 1.30 bits per heavy atom. The van der Waals surface area contributed by atoms with Crippen LogP contribution in [0.4, 0.5) is 4.39 Å². The molecule has 172 valence electrons. The number of carbonyl (C=O) groups is 2. The molecule has 0 radical (unpaired) electrons. The van der Waals surface area contributed by atoms with E-state index in [2.05, 4.69) is 20.5 Å². The Kier molecular flexibility index (Phi) is 5.90. The number of benzene rings is 1. The van der Waals surface area contributed by atoms with E-state index in [1.165, 1.54) is 40.8 Å². The highest BCUT2D eigenvalue weighted by atomic mass is 19.1. The maximum atomic E-state index is 13.1. The number of fused-ring (bicyclic) bond motifs is 1. The zero-order chi connectivity index (χ0) is 23.7. The first-order valence-electron chi connectivity index (χ1n) is 10.2. The summed E-state index contributed by atoms with van der Waals surface area (Å²) in [5, 5.41) is 20.3. The van der Waals surface area contributed by atoms with Crippen molar-refractivity contribution in [1.82, 2.24) is 30.0 Å². The molecule has 0 aliphatic carbocycles. The number of rotatable bonds is 5. The summed E-state index contributed by atoms with van der Waals surface area (Å²) in [7, 11) is 1.51. The summed E-state index contributed by atoms with van der Waals surface area (Å²) in [5.74, 6) is -2.32. The molecule has 1 aromatic carbocycles. The summed E-state index contributed by atoms with van der Waals surface area (Å²) >= 11 is 0. The molecule has 1 aliphatic heterocycles. The largest absolute Gasteiger partial charge is 0.501 e. The topological polar surface area (TPSA) is 143 Å². The second kappa shape index (κ2) is 8.81. The number of carbonyl (C=O) groups excluding carboxylic acids is 2. The fourth-order valence-corrected chi connectivity index (χ4v) is 3.67. The van der Waals surface area contributed by atoms with Crippen LogP contribution in [-0.4, -0.2) is 48.6 Å². The average molecular weight is 456 g/mol. The first-order valence-corrected chi connectivity index (χ1v) is 10.2. The number of amides is 2. The van der Waals surface area contributed by atoms with E-state index in [0.29, 0.717) is 18.4 Å². The molecule has 33 heavy (non-hydrogen) atoms. The molecule has 1 aliphatic rings. The first-order chi connectivity index (χ1) is 15.8. The lowest BCUT2D eigenvalue weighted by molar-refractivity contribution is 0.0651. The van der Waals surface area contributed by atoms with Crippen molar-refractivity contribution < 1.29 is 23.5 Å². The van der Waals surface area contributed by atoms with E-state index in [1.54, 1.807) is 6.92 Å². The fraction of sp³-hybridized carbons (Fsp3) is 0.333. The predicted molar refractivity (Wildman–Crippen MR) is 111 cm³/mol. The van der Waals surface area contributed by atoms with Gasteiger partial charge >= 0.3 is 11.8 Å². The van der Waals surface area contributed by atoms with Crippen LogP contribution in [0.3, 0.4) is 0 Å². The van der Waals surface area contributed by atoms with E-state index in [0.717, 1.165) is 0 Å². The molecule has 0 spiro atoms. The van der Waals surface area contributed by atoms with E-state index in [9.17, 15) is 23.9 Å². The monoisotopic (exact) mass is 456 g/mol. The number of hydrogen-bond acceptors (Lipinski definition) is 8. The Morgan fingerprint density at radius 2 is 2.03 bits per heavy atom. The number of aromatic nitrogens is 4. The van der Waals surface area contributed by atoms with Crippen LogP contribution in [0.1, 0.15) is 57.3 Å². The minimum atomic E-state index is -0.780. The van der Waals surface area contributed by atoms with Gasteiger partial charge in [-0.3, -0.25) is 19.0 Å². The number of nitrogens with zero attached hydrogens (tertiary/aromatic N) is 5. The summed E-state index contributed by atoms with van der Waals surface area (Å²) in [6.45, 7) is 1.88. The molecule has 2 amide bonds. The standard InChI is InChI=1S/C21H21FN6O5/c1-11-25-26-19(33-11)21(32)27(2)14-4-3-9-28-17(14)24-15(16(29)20(28)31)18(30)23-10-12-5-7-13(22)8-6-12/h5-8,14,29H,3-4,9-10H2,1-2H3,(H,23,30). The van der Waals surface area contributed by atoms with Gasteiger partial charge in [0.05, 0.1) is 6.04 Å². The lowest BCUT2D eigenvalue weighted by atomic mass is 10.0. The second-order valence-corrected chi connectivity index (χ2v) is 7.63. The Morgan fingerprint density at radius 3 is 2.70 bits per heavy atom. The molecule has 1 atom stereocenters. The maximum absolute atomic E-state index is 13.1. The predicted octanol–water partition coefficient (Wildman–Crippen LogP) is 1.32. The first kappa shape index (κ1) is 22.1. The summed E-state index contributed by atoms with van der Waals surface area (Å²) in [6, 6.07) is 4.85. The van der Waals surface area contributed by atoms with Gasteiger partial charge in [0, 0.05) is 27.1 Å². The minimum Gasteiger partial charge on any atom is -0.501 e. The van der Waals surface area contributed by atoms with Gasteiger partial charge in [-0.05, 0) is 30.5 Å². The number of aromatic hydroxyl groups is 1. The van der Waals surface area contributed by atoms with Crippen LogP contribution in [0.15, 0.2) is 33.5 Å². The van der Waals surface area contributed by atoms with Gasteiger partial charge in [0.15, 0.2) is 5.69 Å². The molecule has 11 nitrogen and oxygen atoms in total. The van der Waals surface area contributed by atoms with Gasteiger partial charge < -0.3 is 19.7 Å². The highest BCUT2D eigenvalue weighted by Gasteiger charge is 2.34. The SMILES string of the molecule is Cc1nnc(C(=O)N(C)C2CCCn3c2nc(C(=O)NCc2ccc(F)cc2)c(O)c3=O)o1. The molecule has 0 bridgehead atoms. The van der Waals surface area contributed by atoms with E-state index < -0.39 is 40.7 Å². The zero-order valence-electron chi connectivity index (χ0n) is 17.9. The lowest BCUT2D eigenvalue weighted by Crippen LogP contribution is -2.40. The molecule has 3 heterocycles. The van der Waals surface area contributed by atoms with Crippen LogP contribution < -0.4 is 10.9 Å². The molecule has 4 rings (SSSR count). The quantitative estimate of drug-likeness (QED) is 0.585. The Labute approximate surface area is 186 Å². The van der Waals surface area contributed by atoms with E-state index in [1.807, 2.05) is 0 Å². The summed E-state index contributed by atoms with van der Waals surface area (Å²) in [4.78, 5) is 43.8. The number of hydrogen-bond donors (Lipinski definition) is 2. The van der Waals surface area contributed by atoms with Gasteiger partial charge in [-0.2, -0.15) is 0 Å². The van der Waals surface area contributed by atoms with Crippen LogP contribution in [0.25, 0.3) is 0 Å². The highest BCUT2D eigenvalue weighted by molar-refractivity contribution is 5.94. The normalized spacial score (nSPS) is 15.1. The van der Waals surface area contributed by atoms with Crippen molar-refractivity contribution in [2.75, 3.05) is 7.05 Å². The van der Waals surface area contributed by atoms with Crippen molar-refractivity contribution in [3.05, 3.63) is 69.3 Å². The van der Waals surface area contributed by atoms with Crippen molar-refractivity contribution in [2.24, 2.45) is 0 Å². The fourth-order valence-electron chi connectivity index (χ4n) is 3.67. The third-order valence-corrected chi connectivity index (χ3v) is 5.41. The van der Waals surface area contributed by atoms with Crippen LogP contribution in [0.2, 0.25) is 0 Å². The number of aryl methyl sites for hydroxylation is 1. The van der Waals surface area contributed by atoms with Gasteiger partial charge in [0.2, 0.25) is 11.6 Å². The molecular formula is C21H21FN6O5. The number of nitrogens with one attached hydrogen (secondary N) is 1. The van der Waals surface area contributed by atoms with Gasteiger partial charge in [0.25, 0.3) is 11.5 Å². The lowest BCUT2D eigenvalue weighted by Gasteiger charge is -2.32. The second-order valence-electron chi connectivity index (χ2n) is 7.63. The maximum Gasteiger partial charge on any atom is 0.311 e. The van der Waals surface area contributed by atoms with Crippen molar-refractivity contribution in [1.29, 1.82) is 0 Å². The van der Waals surface area contributed by atoms with E-state index in [-0.39, 0.29) is 30.7 Å². The Bertz CT molecular complexity index is 1270. The minimum absolute atomic E-state index is 0.0387. The third kappa shape index (κ3) is 4.31.